The Kier molecular flexibility index (Phi) is 6.56. The molecule has 1 amide bonds. The average Bonchev–Trinajstić information content (AvgIpc) is 3.27. The molecule has 0 saturated carbocycles. The van der Waals surface area contributed by atoms with E-state index in [1.807, 2.05) is 32.9 Å². The summed E-state index contributed by atoms with van der Waals surface area (Å²) in [4.78, 5) is 17.3. The second kappa shape index (κ2) is 9.24. The van der Waals surface area contributed by atoms with Crippen LogP contribution in [-0.2, 0) is 14.8 Å². The van der Waals surface area contributed by atoms with Crippen LogP contribution in [0, 0.1) is 26.7 Å². The summed E-state index contributed by atoms with van der Waals surface area (Å²) in [6.07, 6.45) is 3.83. The van der Waals surface area contributed by atoms with Crippen molar-refractivity contribution in [1.82, 2.24) is 19.1 Å². The molecule has 0 spiro atoms. The maximum absolute atomic E-state index is 13.3. The molecule has 4 rings (SSSR count). The van der Waals surface area contributed by atoms with Crippen LogP contribution in [0.15, 0.2) is 47.9 Å². The van der Waals surface area contributed by atoms with Crippen LogP contribution in [0.5, 0.6) is 0 Å². The number of anilines is 1. The number of carbonyl (C=O) groups excluding carboxylic acids is 1. The van der Waals surface area contributed by atoms with Crippen LogP contribution in [0.4, 0.5) is 5.69 Å². The van der Waals surface area contributed by atoms with Crippen molar-refractivity contribution in [1.29, 1.82) is 0 Å². The Morgan fingerprint density at radius 2 is 1.76 bits per heavy atom. The Morgan fingerprint density at radius 3 is 2.36 bits per heavy atom. The summed E-state index contributed by atoms with van der Waals surface area (Å²) >= 11 is 6.14. The normalized spacial score (nSPS) is 15.5. The number of halogens is 1. The Hall–Kier alpha value is -2.75. The maximum Gasteiger partial charge on any atom is 0.243 e. The topological polar surface area (TPSA) is 97.2 Å². The molecule has 8 nitrogen and oxygen atoms in total. The van der Waals surface area contributed by atoms with Gasteiger partial charge in [-0.1, -0.05) is 29.3 Å². The molecule has 1 saturated heterocycles. The van der Waals surface area contributed by atoms with Crippen molar-refractivity contribution in [2.24, 2.45) is 5.92 Å². The van der Waals surface area contributed by atoms with Gasteiger partial charge in [0, 0.05) is 24.0 Å². The van der Waals surface area contributed by atoms with Crippen LogP contribution in [0.3, 0.4) is 0 Å². The van der Waals surface area contributed by atoms with Crippen molar-refractivity contribution in [2.75, 3.05) is 18.4 Å². The Labute approximate surface area is 198 Å². The number of sulfonamides is 1. The molecular formula is C23H26ClN5O3S. The number of hydrogen-bond donors (Lipinski definition) is 1. The third-order valence-electron chi connectivity index (χ3n) is 5.91. The molecule has 1 aromatic heterocycles. The summed E-state index contributed by atoms with van der Waals surface area (Å²) < 4.78 is 29.7. The molecule has 2 aromatic carbocycles. The fourth-order valence-electron chi connectivity index (χ4n) is 4.44. The molecule has 1 aliphatic heterocycles. The summed E-state index contributed by atoms with van der Waals surface area (Å²) in [7, 11) is -3.62. The summed E-state index contributed by atoms with van der Waals surface area (Å²) in [5.74, 6) is -0.474. The number of aryl methyl sites for hydroxylation is 3. The van der Waals surface area contributed by atoms with Crippen molar-refractivity contribution < 1.29 is 13.2 Å². The van der Waals surface area contributed by atoms with Gasteiger partial charge in [-0.3, -0.25) is 4.79 Å². The molecule has 0 aliphatic carbocycles. The molecular weight excluding hydrogens is 462 g/mol. The number of amides is 1. The first-order valence-corrected chi connectivity index (χ1v) is 12.5. The molecule has 2 heterocycles. The van der Waals surface area contributed by atoms with Gasteiger partial charge in [-0.25, -0.2) is 18.1 Å². The highest BCUT2D eigenvalue weighted by molar-refractivity contribution is 7.89. The molecule has 174 valence electrons. The van der Waals surface area contributed by atoms with E-state index >= 15 is 0 Å². The van der Waals surface area contributed by atoms with Crippen molar-refractivity contribution in [3.63, 3.8) is 0 Å². The third-order valence-corrected chi connectivity index (χ3v) is 8.35. The number of nitrogens with zero attached hydrogens (tertiary/aromatic N) is 4. The molecule has 10 heteroatoms. The SMILES string of the molecule is Cc1cc(C)c(S(=O)(=O)N2CCC(C(=O)Nc3cc(Cl)ccc3-n3cncn3)CC2)c(C)c1. The van der Waals surface area contributed by atoms with Gasteiger partial charge in [-0.2, -0.15) is 9.40 Å². The minimum Gasteiger partial charge on any atom is -0.324 e. The number of hydrogen-bond acceptors (Lipinski definition) is 5. The Balaban J connectivity index is 1.47. The number of benzene rings is 2. The van der Waals surface area contributed by atoms with E-state index in [9.17, 15) is 13.2 Å². The number of nitrogens with one attached hydrogen (secondary N) is 1. The Morgan fingerprint density at radius 1 is 1.09 bits per heavy atom. The van der Waals surface area contributed by atoms with Crippen molar-refractivity contribution in [2.45, 2.75) is 38.5 Å². The predicted octanol–water partition coefficient (Wildman–Crippen LogP) is 3.89. The van der Waals surface area contributed by atoms with Gasteiger partial charge in [0.15, 0.2) is 0 Å². The van der Waals surface area contributed by atoms with Crippen molar-refractivity contribution in [3.8, 4) is 5.69 Å². The van der Waals surface area contributed by atoms with Gasteiger partial charge in [0.1, 0.15) is 12.7 Å². The molecule has 33 heavy (non-hydrogen) atoms. The fourth-order valence-corrected chi connectivity index (χ4v) is 6.49. The van der Waals surface area contributed by atoms with Gasteiger partial charge in [-0.15, -0.1) is 0 Å². The molecule has 1 fully saturated rings. The molecule has 0 unspecified atom stereocenters. The van der Waals surface area contributed by atoms with E-state index in [1.54, 1.807) is 22.9 Å². The van der Waals surface area contributed by atoms with Crippen LogP contribution < -0.4 is 5.32 Å². The second-order valence-electron chi connectivity index (χ2n) is 8.40. The highest BCUT2D eigenvalue weighted by Crippen LogP contribution is 2.30. The minimum absolute atomic E-state index is 0.168. The number of piperidine rings is 1. The quantitative estimate of drug-likeness (QED) is 0.589. The molecule has 1 N–H and O–H groups in total. The molecule has 0 radical (unpaired) electrons. The van der Waals surface area contributed by atoms with Crippen LogP contribution in [0.2, 0.25) is 5.02 Å². The van der Waals surface area contributed by atoms with Gasteiger partial charge in [0.05, 0.1) is 16.3 Å². The summed E-state index contributed by atoms with van der Waals surface area (Å²) in [6.45, 7) is 6.18. The summed E-state index contributed by atoms with van der Waals surface area (Å²) in [6, 6.07) is 8.91. The molecule has 1 aliphatic rings. The van der Waals surface area contributed by atoms with Crippen LogP contribution in [0.25, 0.3) is 5.69 Å². The first-order valence-electron chi connectivity index (χ1n) is 10.7. The second-order valence-corrected chi connectivity index (χ2v) is 10.7. The monoisotopic (exact) mass is 487 g/mol. The molecule has 3 aromatic rings. The molecule has 0 atom stereocenters. The van der Waals surface area contributed by atoms with Crippen LogP contribution in [-0.4, -0.2) is 46.5 Å². The highest BCUT2D eigenvalue weighted by Gasteiger charge is 2.34. The number of carbonyl (C=O) groups is 1. The molecule has 0 bridgehead atoms. The number of aromatic nitrogens is 3. The highest BCUT2D eigenvalue weighted by atomic mass is 35.5. The third kappa shape index (κ3) is 4.80. The zero-order valence-corrected chi connectivity index (χ0v) is 20.3. The predicted molar refractivity (Wildman–Crippen MR) is 127 cm³/mol. The number of rotatable bonds is 5. The lowest BCUT2D eigenvalue weighted by molar-refractivity contribution is -0.120. The smallest absolute Gasteiger partial charge is 0.243 e. The van der Waals surface area contributed by atoms with E-state index in [0.717, 1.165) is 16.7 Å². The maximum atomic E-state index is 13.3. The van der Waals surface area contributed by atoms with E-state index < -0.39 is 10.0 Å². The van der Waals surface area contributed by atoms with Crippen molar-refractivity contribution in [3.05, 3.63) is 64.7 Å². The van der Waals surface area contributed by atoms with E-state index in [2.05, 4.69) is 15.4 Å². The minimum atomic E-state index is -3.62. The zero-order chi connectivity index (χ0) is 23.8. The Bertz CT molecular complexity index is 1260. The lowest BCUT2D eigenvalue weighted by Gasteiger charge is -2.31. The van der Waals surface area contributed by atoms with E-state index in [-0.39, 0.29) is 11.8 Å². The first kappa shape index (κ1) is 23.4. The lowest BCUT2D eigenvalue weighted by Crippen LogP contribution is -2.41. The van der Waals surface area contributed by atoms with Gasteiger partial charge in [-0.05, 0) is 62.9 Å². The van der Waals surface area contributed by atoms with Gasteiger partial charge < -0.3 is 5.32 Å². The lowest BCUT2D eigenvalue weighted by atomic mass is 9.97. The largest absolute Gasteiger partial charge is 0.324 e. The van der Waals surface area contributed by atoms with E-state index in [0.29, 0.717) is 47.2 Å². The average molecular weight is 488 g/mol. The van der Waals surface area contributed by atoms with Gasteiger partial charge in [0.2, 0.25) is 15.9 Å². The van der Waals surface area contributed by atoms with E-state index in [1.165, 1.54) is 17.0 Å². The summed E-state index contributed by atoms with van der Waals surface area (Å²) in [5.41, 5.74) is 3.70. The standard InChI is InChI=1S/C23H26ClN5O3S/c1-15-10-16(2)22(17(3)11-15)33(31,32)28-8-6-18(7-9-28)23(30)27-20-12-19(24)4-5-21(20)29-14-25-13-26-29/h4-5,10-14,18H,6-9H2,1-3H3,(H,27,30). The van der Waals surface area contributed by atoms with Crippen LogP contribution in [0.1, 0.15) is 29.5 Å². The van der Waals surface area contributed by atoms with E-state index in [4.69, 9.17) is 11.6 Å². The van der Waals surface area contributed by atoms with Crippen molar-refractivity contribution >= 4 is 33.2 Å². The zero-order valence-electron chi connectivity index (χ0n) is 18.7. The summed E-state index contributed by atoms with van der Waals surface area (Å²) in [5, 5.41) is 7.54. The fraction of sp³-hybridized carbons (Fsp3) is 0.348. The van der Waals surface area contributed by atoms with Gasteiger partial charge >= 0.3 is 0 Å². The first-order chi connectivity index (χ1) is 15.7. The van der Waals surface area contributed by atoms with Gasteiger partial charge in [0.25, 0.3) is 0 Å². The van der Waals surface area contributed by atoms with Crippen LogP contribution >= 0.6 is 11.6 Å².